The zero-order valence-electron chi connectivity index (χ0n) is 12.7. The summed E-state index contributed by atoms with van der Waals surface area (Å²) in [5, 5.41) is 12.1. The average Bonchev–Trinajstić information content (AvgIpc) is 2.54. The van der Waals surface area contributed by atoms with E-state index in [4.69, 9.17) is 16.3 Å². The summed E-state index contributed by atoms with van der Waals surface area (Å²) in [7, 11) is -1.07. The van der Waals surface area contributed by atoms with Crippen LogP contribution in [0.1, 0.15) is 21.5 Å². The van der Waals surface area contributed by atoms with Crippen LogP contribution in [0.3, 0.4) is 0 Å². The first kappa shape index (κ1) is 17.8. The van der Waals surface area contributed by atoms with Crippen LogP contribution >= 0.6 is 11.6 Å². The summed E-state index contributed by atoms with van der Waals surface area (Å²) in [5.74, 6) is -0.648. The smallest absolute Gasteiger partial charge is 0.423 e. The second-order valence-corrected chi connectivity index (χ2v) is 5.94. The molecule has 2 aromatic rings. The molecule has 1 amide bonds. The summed E-state index contributed by atoms with van der Waals surface area (Å²) < 4.78 is 43.1. The van der Waals surface area contributed by atoms with Crippen LogP contribution < -0.4 is 10.8 Å². The molecule has 0 bridgehead atoms. The number of hydrogen-bond donors (Lipinski definition) is 2. The number of amides is 1. The van der Waals surface area contributed by atoms with Crippen molar-refractivity contribution in [2.24, 2.45) is 0 Å². The van der Waals surface area contributed by atoms with Gasteiger partial charge in [-0.15, -0.1) is 0 Å². The highest BCUT2D eigenvalue weighted by molar-refractivity contribution is 6.61. The van der Waals surface area contributed by atoms with Gasteiger partial charge < -0.3 is 15.0 Å². The van der Waals surface area contributed by atoms with E-state index in [2.05, 4.69) is 5.32 Å². The average molecular weight is 370 g/mol. The van der Waals surface area contributed by atoms with Gasteiger partial charge in [0.2, 0.25) is 0 Å². The number of carbonyl (C=O) groups is 1. The van der Waals surface area contributed by atoms with E-state index >= 15 is 0 Å². The molecule has 0 aliphatic carbocycles. The lowest BCUT2D eigenvalue weighted by atomic mass is 9.73. The van der Waals surface area contributed by atoms with Crippen LogP contribution in [0.5, 0.6) is 0 Å². The van der Waals surface area contributed by atoms with Gasteiger partial charge >= 0.3 is 13.3 Å². The van der Waals surface area contributed by atoms with E-state index in [-0.39, 0.29) is 10.6 Å². The number of hydrogen-bond acceptors (Lipinski definition) is 3. The maximum Gasteiger partial charge on any atom is 0.491 e. The summed E-state index contributed by atoms with van der Waals surface area (Å²) in [4.78, 5) is 12.3. The molecule has 0 saturated carbocycles. The molecular formula is C16H12BClF3NO3. The first-order valence-corrected chi connectivity index (χ1v) is 7.74. The normalized spacial score (nSPS) is 14.2. The Bertz CT molecular complexity index is 829. The van der Waals surface area contributed by atoms with Crippen LogP contribution in [-0.2, 0) is 17.3 Å². The SMILES string of the molecule is O=C(Nc1ccc2c(c1)B(O)OCC2)c1ccc(C(F)(F)F)cc1Cl. The van der Waals surface area contributed by atoms with Gasteiger partial charge in [0.15, 0.2) is 0 Å². The molecule has 1 heterocycles. The Morgan fingerprint density at radius 1 is 1.24 bits per heavy atom. The Kier molecular flexibility index (Phi) is 4.77. The maximum atomic E-state index is 12.6. The number of fused-ring (bicyclic) bond motifs is 1. The van der Waals surface area contributed by atoms with Crippen molar-refractivity contribution in [3.8, 4) is 0 Å². The fraction of sp³-hybridized carbons (Fsp3) is 0.188. The molecule has 0 aromatic heterocycles. The third kappa shape index (κ3) is 3.81. The van der Waals surface area contributed by atoms with Gasteiger partial charge in [-0.25, -0.2) is 0 Å². The van der Waals surface area contributed by atoms with E-state index in [0.717, 1.165) is 17.7 Å². The number of benzene rings is 2. The highest BCUT2D eigenvalue weighted by Crippen LogP contribution is 2.32. The maximum absolute atomic E-state index is 12.6. The predicted octanol–water partition coefficient (Wildman–Crippen LogP) is 2.87. The lowest BCUT2D eigenvalue weighted by Crippen LogP contribution is -2.41. The molecule has 0 atom stereocenters. The summed E-state index contributed by atoms with van der Waals surface area (Å²) in [6, 6.07) is 7.50. The Morgan fingerprint density at radius 2 is 2.00 bits per heavy atom. The monoisotopic (exact) mass is 369 g/mol. The largest absolute Gasteiger partial charge is 0.491 e. The van der Waals surface area contributed by atoms with Crippen LogP contribution in [0.4, 0.5) is 18.9 Å². The van der Waals surface area contributed by atoms with Gasteiger partial charge in [-0.3, -0.25) is 4.79 Å². The molecule has 0 saturated heterocycles. The molecule has 9 heteroatoms. The molecule has 25 heavy (non-hydrogen) atoms. The minimum Gasteiger partial charge on any atom is -0.423 e. The van der Waals surface area contributed by atoms with Crippen LogP contribution in [0.25, 0.3) is 0 Å². The summed E-state index contributed by atoms with van der Waals surface area (Å²) in [6.07, 6.45) is -3.89. The van der Waals surface area contributed by atoms with Crippen molar-refractivity contribution < 1.29 is 27.6 Å². The molecule has 0 spiro atoms. The number of alkyl halides is 3. The van der Waals surface area contributed by atoms with Gasteiger partial charge in [0, 0.05) is 12.3 Å². The number of nitrogens with one attached hydrogen (secondary N) is 1. The lowest BCUT2D eigenvalue weighted by Gasteiger charge is -2.20. The number of halogens is 4. The van der Waals surface area contributed by atoms with Crippen molar-refractivity contribution in [1.29, 1.82) is 0 Å². The van der Waals surface area contributed by atoms with E-state index in [1.54, 1.807) is 18.2 Å². The molecule has 4 nitrogen and oxygen atoms in total. The molecule has 0 unspecified atom stereocenters. The Hall–Kier alpha value is -2.03. The van der Waals surface area contributed by atoms with Crippen LogP contribution in [0, 0.1) is 0 Å². The predicted molar refractivity (Wildman–Crippen MR) is 88.1 cm³/mol. The standard InChI is InChI=1S/C16H12BClF3NO3/c18-14-7-10(16(19,20)21)2-4-12(14)15(23)22-11-3-1-9-5-6-25-17(24)13(9)8-11/h1-4,7-8,24H,5-6H2,(H,22,23). The molecule has 130 valence electrons. The third-order valence-electron chi connectivity index (χ3n) is 3.86. The molecule has 3 rings (SSSR count). The van der Waals surface area contributed by atoms with Crippen molar-refractivity contribution >= 4 is 35.8 Å². The van der Waals surface area contributed by atoms with Gasteiger partial charge in [-0.1, -0.05) is 17.7 Å². The lowest BCUT2D eigenvalue weighted by molar-refractivity contribution is -0.137. The molecule has 0 radical (unpaired) electrons. The highest BCUT2D eigenvalue weighted by Gasteiger charge is 2.31. The van der Waals surface area contributed by atoms with E-state index < -0.39 is 24.8 Å². The highest BCUT2D eigenvalue weighted by atomic mass is 35.5. The Morgan fingerprint density at radius 3 is 2.68 bits per heavy atom. The van der Waals surface area contributed by atoms with Gasteiger partial charge in [0.25, 0.3) is 5.91 Å². The third-order valence-corrected chi connectivity index (χ3v) is 4.17. The second-order valence-electron chi connectivity index (χ2n) is 5.53. The first-order valence-electron chi connectivity index (χ1n) is 7.36. The van der Waals surface area contributed by atoms with E-state index in [1.807, 2.05) is 0 Å². The summed E-state index contributed by atoms with van der Waals surface area (Å²) >= 11 is 5.81. The minimum atomic E-state index is -4.53. The number of anilines is 1. The Labute approximate surface area is 146 Å². The van der Waals surface area contributed by atoms with E-state index in [1.165, 1.54) is 0 Å². The molecule has 1 aliphatic rings. The van der Waals surface area contributed by atoms with Crippen molar-refractivity contribution in [1.82, 2.24) is 0 Å². The van der Waals surface area contributed by atoms with Crippen molar-refractivity contribution in [3.63, 3.8) is 0 Å². The van der Waals surface area contributed by atoms with E-state index in [9.17, 15) is 23.0 Å². The zero-order chi connectivity index (χ0) is 18.2. The van der Waals surface area contributed by atoms with Crippen molar-refractivity contribution in [2.75, 3.05) is 11.9 Å². The molecule has 1 aliphatic heterocycles. The van der Waals surface area contributed by atoms with Crippen LogP contribution in [0.2, 0.25) is 5.02 Å². The Balaban J connectivity index is 1.82. The van der Waals surface area contributed by atoms with Gasteiger partial charge in [-0.2, -0.15) is 13.2 Å². The topological polar surface area (TPSA) is 58.6 Å². The summed E-state index contributed by atoms with van der Waals surface area (Å²) in [6.45, 7) is 0.404. The van der Waals surface area contributed by atoms with Crippen molar-refractivity contribution in [3.05, 3.63) is 58.1 Å². The molecule has 2 aromatic carbocycles. The van der Waals surface area contributed by atoms with Crippen molar-refractivity contribution in [2.45, 2.75) is 12.6 Å². The van der Waals surface area contributed by atoms with Gasteiger partial charge in [0.1, 0.15) is 0 Å². The second kappa shape index (κ2) is 6.70. The molecular weight excluding hydrogens is 357 g/mol. The summed E-state index contributed by atoms with van der Waals surface area (Å²) in [5.41, 5.74) is 0.823. The quantitative estimate of drug-likeness (QED) is 0.801. The van der Waals surface area contributed by atoms with Crippen LogP contribution in [-0.4, -0.2) is 24.7 Å². The van der Waals surface area contributed by atoms with Gasteiger partial charge in [0.05, 0.1) is 16.1 Å². The molecule has 0 fully saturated rings. The molecule has 2 N–H and O–H groups in total. The van der Waals surface area contributed by atoms with Gasteiger partial charge in [-0.05, 0) is 47.8 Å². The first-order chi connectivity index (χ1) is 11.8. The fourth-order valence-corrected chi connectivity index (χ4v) is 2.84. The van der Waals surface area contributed by atoms with Crippen LogP contribution in [0.15, 0.2) is 36.4 Å². The minimum absolute atomic E-state index is 0.0795. The zero-order valence-corrected chi connectivity index (χ0v) is 13.5. The van der Waals surface area contributed by atoms with E-state index in [0.29, 0.717) is 30.2 Å². The number of carbonyl (C=O) groups excluding carboxylic acids is 1. The number of rotatable bonds is 2. The fourth-order valence-electron chi connectivity index (χ4n) is 2.57.